The van der Waals surface area contributed by atoms with E-state index in [-0.39, 0.29) is 23.3 Å². The van der Waals surface area contributed by atoms with Crippen LogP contribution in [0.2, 0.25) is 5.02 Å². The van der Waals surface area contributed by atoms with Crippen LogP contribution in [0.5, 0.6) is 5.75 Å². The third kappa shape index (κ3) is 4.51. The number of ether oxygens (including phenoxy) is 1. The lowest BCUT2D eigenvalue weighted by molar-refractivity contribution is -0.141. The lowest BCUT2D eigenvalue weighted by Gasteiger charge is -2.23. The molecule has 0 unspecified atom stereocenters. The molecule has 2 aromatic carbocycles. The molecule has 0 amide bonds. The van der Waals surface area contributed by atoms with E-state index in [1.807, 2.05) is 0 Å². The largest absolute Gasteiger partial charge is 0.426 e. The molecule has 0 aliphatic heterocycles. The van der Waals surface area contributed by atoms with Crippen LogP contribution < -0.4 is 9.04 Å². The third-order valence-corrected chi connectivity index (χ3v) is 6.87. The number of hydrogen-bond acceptors (Lipinski definition) is 4. The molecule has 0 heterocycles. The van der Waals surface area contributed by atoms with Gasteiger partial charge in [-0.15, -0.1) is 0 Å². The first-order valence-corrected chi connectivity index (χ1v) is 10.5. The van der Waals surface area contributed by atoms with Crippen LogP contribution in [-0.2, 0) is 21.0 Å². The van der Waals surface area contributed by atoms with Crippen molar-refractivity contribution in [3.8, 4) is 5.75 Å². The quantitative estimate of drug-likeness (QED) is 0.483. The Kier molecular flexibility index (Phi) is 5.82. The molecule has 0 aromatic heterocycles. The first kappa shape index (κ1) is 21.4. The number of halogens is 4. The molecule has 156 valence electrons. The van der Waals surface area contributed by atoms with Crippen molar-refractivity contribution in [2.24, 2.45) is 5.92 Å². The molecular formula is C19H17ClF3NO4S. The molecule has 5 nitrogen and oxygen atoms in total. The molecule has 1 aliphatic carbocycles. The van der Waals surface area contributed by atoms with E-state index in [2.05, 4.69) is 0 Å². The molecule has 29 heavy (non-hydrogen) atoms. The standard InChI is InChI=1S/C19H17ClF3NO4S/c1-24(13-5-7-14(8-6-13)28-18(25)12-3-2-4-12)29(26,27)15-9-10-17(20)16(11-15)19(21,22)23/h5-12H,2-4H2,1H3. The Morgan fingerprint density at radius 2 is 1.76 bits per heavy atom. The molecule has 1 fully saturated rings. The molecule has 0 radical (unpaired) electrons. The number of hydrogen-bond donors (Lipinski definition) is 0. The van der Waals surface area contributed by atoms with Crippen molar-refractivity contribution >= 4 is 33.3 Å². The fraction of sp³-hybridized carbons (Fsp3) is 0.316. The van der Waals surface area contributed by atoms with Gasteiger partial charge < -0.3 is 4.74 Å². The van der Waals surface area contributed by atoms with Crippen molar-refractivity contribution < 1.29 is 31.1 Å². The molecule has 10 heteroatoms. The summed E-state index contributed by atoms with van der Waals surface area (Å²) < 4.78 is 70.7. The molecule has 0 bridgehead atoms. The van der Waals surface area contributed by atoms with E-state index in [0.29, 0.717) is 6.07 Å². The van der Waals surface area contributed by atoms with Gasteiger partial charge in [0.25, 0.3) is 10.0 Å². The summed E-state index contributed by atoms with van der Waals surface area (Å²) in [6.07, 6.45) is -2.22. The number of alkyl halides is 3. The van der Waals surface area contributed by atoms with Crippen LogP contribution in [0.15, 0.2) is 47.4 Å². The summed E-state index contributed by atoms with van der Waals surface area (Å²) in [6, 6.07) is 8.08. The van der Waals surface area contributed by atoms with Gasteiger partial charge in [-0.05, 0) is 55.3 Å². The number of esters is 1. The molecule has 1 aliphatic rings. The van der Waals surface area contributed by atoms with E-state index in [4.69, 9.17) is 16.3 Å². The zero-order chi connectivity index (χ0) is 21.4. The zero-order valence-corrected chi connectivity index (χ0v) is 16.8. The fourth-order valence-corrected chi connectivity index (χ4v) is 4.19. The maximum absolute atomic E-state index is 13.0. The first-order valence-electron chi connectivity index (χ1n) is 8.67. The Hall–Kier alpha value is -2.26. The Labute approximate surface area is 171 Å². The number of anilines is 1. The minimum atomic E-state index is -4.78. The molecule has 0 N–H and O–H groups in total. The topological polar surface area (TPSA) is 63.7 Å². The van der Waals surface area contributed by atoms with Crippen molar-refractivity contribution in [2.75, 3.05) is 11.4 Å². The van der Waals surface area contributed by atoms with Gasteiger partial charge in [-0.25, -0.2) is 8.42 Å². The van der Waals surface area contributed by atoms with Crippen molar-refractivity contribution in [3.63, 3.8) is 0 Å². The minimum Gasteiger partial charge on any atom is -0.426 e. The predicted octanol–water partition coefficient (Wildman–Crippen LogP) is 4.89. The van der Waals surface area contributed by atoms with Crippen molar-refractivity contribution in [2.45, 2.75) is 30.3 Å². The highest BCUT2D eigenvalue weighted by Crippen LogP contribution is 2.37. The predicted molar refractivity (Wildman–Crippen MR) is 101 cm³/mol. The highest BCUT2D eigenvalue weighted by Gasteiger charge is 2.35. The summed E-state index contributed by atoms with van der Waals surface area (Å²) >= 11 is 5.55. The number of nitrogens with zero attached hydrogens (tertiary/aromatic N) is 1. The van der Waals surface area contributed by atoms with Gasteiger partial charge in [0.05, 0.1) is 27.1 Å². The maximum atomic E-state index is 13.0. The van der Waals surface area contributed by atoms with Gasteiger partial charge in [0.2, 0.25) is 0 Å². The van der Waals surface area contributed by atoms with Crippen LogP contribution in [0.25, 0.3) is 0 Å². The van der Waals surface area contributed by atoms with Gasteiger partial charge in [0.15, 0.2) is 0 Å². The van der Waals surface area contributed by atoms with E-state index in [1.165, 1.54) is 31.3 Å². The second-order valence-corrected chi connectivity index (χ2v) is 9.03. The van der Waals surface area contributed by atoms with E-state index >= 15 is 0 Å². The number of sulfonamides is 1. The number of carbonyl (C=O) groups excluding carboxylic acids is 1. The average molecular weight is 448 g/mol. The summed E-state index contributed by atoms with van der Waals surface area (Å²) in [7, 11) is -3.05. The second kappa shape index (κ2) is 7.87. The molecule has 0 spiro atoms. The van der Waals surface area contributed by atoms with Gasteiger partial charge in [-0.1, -0.05) is 18.0 Å². The van der Waals surface area contributed by atoms with Crippen LogP contribution >= 0.6 is 11.6 Å². The molecule has 1 saturated carbocycles. The van der Waals surface area contributed by atoms with Gasteiger partial charge in [0.1, 0.15) is 5.75 Å². The Morgan fingerprint density at radius 1 is 1.14 bits per heavy atom. The van der Waals surface area contributed by atoms with Crippen LogP contribution in [0.4, 0.5) is 18.9 Å². The number of rotatable bonds is 5. The van der Waals surface area contributed by atoms with Crippen molar-refractivity contribution in [3.05, 3.63) is 53.1 Å². The Balaban J connectivity index is 1.81. The van der Waals surface area contributed by atoms with Crippen LogP contribution in [-0.4, -0.2) is 21.4 Å². The third-order valence-electron chi connectivity index (χ3n) is 4.76. The van der Waals surface area contributed by atoms with Gasteiger partial charge in [-0.3, -0.25) is 9.10 Å². The molecular weight excluding hydrogens is 431 g/mol. The molecule has 0 saturated heterocycles. The lowest BCUT2D eigenvalue weighted by atomic mass is 9.86. The normalized spacial score (nSPS) is 14.9. The van der Waals surface area contributed by atoms with Crippen molar-refractivity contribution in [1.82, 2.24) is 0 Å². The lowest BCUT2D eigenvalue weighted by Crippen LogP contribution is -2.27. The van der Waals surface area contributed by atoms with E-state index < -0.39 is 31.7 Å². The van der Waals surface area contributed by atoms with Crippen molar-refractivity contribution in [1.29, 1.82) is 0 Å². The summed E-state index contributed by atoms with van der Waals surface area (Å²) in [5, 5.41) is -0.586. The Bertz CT molecular complexity index is 1020. The molecule has 0 atom stereocenters. The van der Waals surface area contributed by atoms with Crippen LogP contribution in [0, 0.1) is 5.92 Å². The van der Waals surface area contributed by atoms with Crippen LogP contribution in [0.1, 0.15) is 24.8 Å². The second-order valence-electron chi connectivity index (χ2n) is 6.65. The van der Waals surface area contributed by atoms with Crippen LogP contribution in [0.3, 0.4) is 0 Å². The van der Waals surface area contributed by atoms with E-state index in [1.54, 1.807) is 0 Å². The summed E-state index contributed by atoms with van der Waals surface area (Å²) in [6.45, 7) is 0. The zero-order valence-electron chi connectivity index (χ0n) is 15.2. The smallest absolute Gasteiger partial charge is 0.417 e. The Morgan fingerprint density at radius 3 is 2.28 bits per heavy atom. The highest BCUT2D eigenvalue weighted by molar-refractivity contribution is 7.92. The van der Waals surface area contributed by atoms with Gasteiger partial charge >= 0.3 is 12.1 Å². The number of carbonyl (C=O) groups is 1. The van der Waals surface area contributed by atoms with Gasteiger partial charge in [0, 0.05) is 7.05 Å². The summed E-state index contributed by atoms with van der Waals surface area (Å²) in [4.78, 5) is 11.3. The summed E-state index contributed by atoms with van der Waals surface area (Å²) in [5.41, 5.74) is -1.04. The first-order chi connectivity index (χ1) is 13.5. The van der Waals surface area contributed by atoms with Gasteiger partial charge in [-0.2, -0.15) is 13.2 Å². The van der Waals surface area contributed by atoms with E-state index in [0.717, 1.165) is 35.7 Å². The minimum absolute atomic E-state index is 0.106. The van der Waals surface area contributed by atoms with E-state index in [9.17, 15) is 26.4 Å². The average Bonchev–Trinajstić information content (AvgIpc) is 2.59. The number of benzene rings is 2. The molecule has 2 aromatic rings. The monoisotopic (exact) mass is 447 g/mol. The SMILES string of the molecule is CN(c1ccc(OC(=O)C2CCC2)cc1)S(=O)(=O)c1ccc(Cl)c(C(F)(F)F)c1. The maximum Gasteiger partial charge on any atom is 0.417 e. The molecule has 3 rings (SSSR count). The summed E-state index contributed by atoms with van der Waals surface area (Å²) in [5.74, 6) is -0.168. The fourth-order valence-electron chi connectivity index (χ4n) is 2.75. The highest BCUT2D eigenvalue weighted by atomic mass is 35.5.